The fourth-order valence-electron chi connectivity index (χ4n) is 2.26. The summed E-state index contributed by atoms with van der Waals surface area (Å²) >= 11 is 0. The molecule has 1 saturated carbocycles. The molecule has 0 aromatic rings. The average Bonchev–Trinajstić information content (AvgIpc) is 2.16. The maximum absolute atomic E-state index is 11.7. The molecule has 0 radical (unpaired) electrons. The molecule has 2 N–H and O–H groups in total. The van der Waals surface area contributed by atoms with Crippen LogP contribution in [-0.2, 0) is 4.79 Å². The fourth-order valence-corrected chi connectivity index (χ4v) is 2.26. The molecule has 0 spiro atoms. The topological polar surface area (TPSA) is 41.1 Å². The van der Waals surface area contributed by atoms with Crippen molar-refractivity contribution in [1.29, 1.82) is 0 Å². The highest BCUT2D eigenvalue weighted by atomic mass is 16.1. The Morgan fingerprint density at radius 1 is 1.21 bits per heavy atom. The van der Waals surface area contributed by atoms with Crippen molar-refractivity contribution in [2.75, 3.05) is 13.1 Å². The lowest BCUT2D eigenvalue weighted by molar-refractivity contribution is -0.126. The van der Waals surface area contributed by atoms with Crippen LogP contribution in [0.4, 0.5) is 0 Å². The van der Waals surface area contributed by atoms with Gasteiger partial charge in [-0.2, -0.15) is 0 Å². The van der Waals surface area contributed by atoms with Gasteiger partial charge < -0.3 is 10.6 Å². The average molecular weight is 196 g/mol. The first-order valence-corrected chi connectivity index (χ1v) is 5.87. The molecule has 14 heavy (non-hydrogen) atoms. The number of amides is 1. The number of nitrogens with one attached hydrogen (secondary N) is 2. The minimum Gasteiger partial charge on any atom is -0.354 e. The molecule has 1 atom stereocenters. The second-order valence-electron chi connectivity index (χ2n) is 4.52. The highest BCUT2D eigenvalue weighted by Crippen LogP contribution is 2.23. The van der Waals surface area contributed by atoms with Gasteiger partial charge in [0.2, 0.25) is 5.91 Å². The molecule has 1 unspecified atom stereocenters. The SMILES string of the molecule is O=C(NCC1CCN1)C1CCCCC1. The number of hydrogen-bond acceptors (Lipinski definition) is 2. The molecule has 3 heteroatoms. The summed E-state index contributed by atoms with van der Waals surface area (Å²) in [7, 11) is 0. The second-order valence-corrected chi connectivity index (χ2v) is 4.52. The van der Waals surface area contributed by atoms with Crippen LogP contribution in [0.1, 0.15) is 38.5 Å². The Morgan fingerprint density at radius 3 is 2.50 bits per heavy atom. The largest absolute Gasteiger partial charge is 0.354 e. The van der Waals surface area contributed by atoms with E-state index in [4.69, 9.17) is 0 Å². The van der Waals surface area contributed by atoms with Crippen LogP contribution in [0.2, 0.25) is 0 Å². The third kappa shape index (κ3) is 2.47. The maximum atomic E-state index is 11.7. The molecule has 2 fully saturated rings. The Hall–Kier alpha value is -0.570. The molecule has 0 aromatic carbocycles. The van der Waals surface area contributed by atoms with Crippen LogP contribution >= 0.6 is 0 Å². The summed E-state index contributed by atoms with van der Waals surface area (Å²) in [6.07, 6.45) is 7.20. The van der Waals surface area contributed by atoms with E-state index in [0.717, 1.165) is 25.9 Å². The van der Waals surface area contributed by atoms with Gasteiger partial charge in [-0.1, -0.05) is 19.3 Å². The molecule has 2 rings (SSSR count). The molecular weight excluding hydrogens is 176 g/mol. The van der Waals surface area contributed by atoms with Crippen LogP contribution in [0.5, 0.6) is 0 Å². The summed E-state index contributed by atoms with van der Waals surface area (Å²) in [4.78, 5) is 11.7. The lowest BCUT2D eigenvalue weighted by atomic mass is 9.88. The van der Waals surface area contributed by atoms with Crippen molar-refractivity contribution in [3.05, 3.63) is 0 Å². The standard InChI is InChI=1S/C11H20N2O/c14-11(9-4-2-1-3-5-9)13-8-10-6-7-12-10/h9-10,12H,1-8H2,(H,13,14). The second kappa shape index (κ2) is 4.78. The van der Waals surface area contributed by atoms with E-state index in [0.29, 0.717) is 17.9 Å². The predicted molar refractivity (Wildman–Crippen MR) is 56.0 cm³/mol. The number of hydrogen-bond donors (Lipinski definition) is 2. The Morgan fingerprint density at radius 2 is 1.93 bits per heavy atom. The normalized spacial score (nSPS) is 28.1. The van der Waals surface area contributed by atoms with Gasteiger partial charge in [-0.3, -0.25) is 4.79 Å². The molecular formula is C11H20N2O. The highest BCUT2D eigenvalue weighted by Gasteiger charge is 2.22. The van der Waals surface area contributed by atoms with Crippen LogP contribution in [0, 0.1) is 5.92 Å². The van der Waals surface area contributed by atoms with Crippen molar-refractivity contribution in [2.45, 2.75) is 44.6 Å². The first kappa shape index (κ1) is 9.97. The van der Waals surface area contributed by atoms with E-state index in [1.807, 2.05) is 0 Å². The fraction of sp³-hybridized carbons (Fsp3) is 0.909. The van der Waals surface area contributed by atoms with Crippen molar-refractivity contribution in [1.82, 2.24) is 10.6 Å². The summed E-state index contributed by atoms with van der Waals surface area (Å²) in [6.45, 7) is 1.94. The van der Waals surface area contributed by atoms with Crippen molar-refractivity contribution < 1.29 is 4.79 Å². The van der Waals surface area contributed by atoms with Gasteiger partial charge in [0, 0.05) is 18.5 Å². The summed E-state index contributed by atoms with van der Waals surface area (Å²) in [6, 6.07) is 0.544. The van der Waals surface area contributed by atoms with Gasteiger partial charge in [0.05, 0.1) is 0 Å². The van der Waals surface area contributed by atoms with E-state index in [1.54, 1.807) is 0 Å². The smallest absolute Gasteiger partial charge is 0.223 e. The van der Waals surface area contributed by atoms with Crippen LogP contribution in [0.25, 0.3) is 0 Å². The number of rotatable bonds is 3. The number of carbonyl (C=O) groups excluding carboxylic acids is 1. The Bertz CT molecular complexity index is 195. The van der Waals surface area contributed by atoms with Gasteiger partial charge in [0.1, 0.15) is 0 Å². The maximum Gasteiger partial charge on any atom is 0.223 e. The van der Waals surface area contributed by atoms with Gasteiger partial charge in [-0.15, -0.1) is 0 Å². The molecule has 1 aliphatic heterocycles. The third-order valence-corrected chi connectivity index (χ3v) is 3.42. The quantitative estimate of drug-likeness (QED) is 0.708. The molecule has 1 heterocycles. The van der Waals surface area contributed by atoms with Crippen molar-refractivity contribution >= 4 is 5.91 Å². The van der Waals surface area contributed by atoms with Crippen LogP contribution in [-0.4, -0.2) is 25.0 Å². The molecule has 0 bridgehead atoms. The van der Waals surface area contributed by atoms with E-state index < -0.39 is 0 Å². The van der Waals surface area contributed by atoms with E-state index in [1.165, 1.54) is 25.7 Å². The molecule has 2 aliphatic rings. The minimum atomic E-state index is 0.290. The van der Waals surface area contributed by atoms with Crippen molar-refractivity contribution in [3.63, 3.8) is 0 Å². The van der Waals surface area contributed by atoms with Crippen molar-refractivity contribution in [2.24, 2.45) is 5.92 Å². The molecule has 80 valence electrons. The van der Waals surface area contributed by atoms with Gasteiger partial charge in [0.25, 0.3) is 0 Å². The Kier molecular flexibility index (Phi) is 3.40. The molecule has 0 aromatic heterocycles. The predicted octanol–water partition coefficient (Wildman–Crippen LogP) is 1.04. The lowest BCUT2D eigenvalue weighted by Crippen LogP contribution is -2.51. The monoisotopic (exact) mass is 196 g/mol. The van der Waals surface area contributed by atoms with E-state index in [-0.39, 0.29) is 0 Å². The molecule has 1 saturated heterocycles. The lowest BCUT2D eigenvalue weighted by Gasteiger charge is -2.29. The first-order valence-electron chi connectivity index (χ1n) is 5.87. The summed E-state index contributed by atoms with van der Waals surface area (Å²) < 4.78 is 0. The van der Waals surface area contributed by atoms with Crippen LogP contribution in [0.3, 0.4) is 0 Å². The highest BCUT2D eigenvalue weighted by molar-refractivity contribution is 5.78. The summed E-state index contributed by atoms with van der Waals surface area (Å²) in [5.41, 5.74) is 0. The third-order valence-electron chi connectivity index (χ3n) is 3.42. The zero-order valence-corrected chi connectivity index (χ0v) is 8.72. The van der Waals surface area contributed by atoms with Crippen molar-refractivity contribution in [3.8, 4) is 0 Å². The van der Waals surface area contributed by atoms with Gasteiger partial charge in [0.15, 0.2) is 0 Å². The van der Waals surface area contributed by atoms with Crippen LogP contribution < -0.4 is 10.6 Å². The van der Waals surface area contributed by atoms with Gasteiger partial charge in [-0.05, 0) is 25.8 Å². The zero-order valence-electron chi connectivity index (χ0n) is 8.72. The van der Waals surface area contributed by atoms with Crippen LogP contribution in [0.15, 0.2) is 0 Å². The minimum absolute atomic E-state index is 0.290. The Balaban J connectivity index is 1.65. The zero-order chi connectivity index (χ0) is 9.80. The van der Waals surface area contributed by atoms with Gasteiger partial charge in [-0.25, -0.2) is 0 Å². The molecule has 1 aliphatic carbocycles. The number of carbonyl (C=O) groups is 1. The Labute approximate surface area is 85.6 Å². The van der Waals surface area contributed by atoms with Gasteiger partial charge >= 0.3 is 0 Å². The summed E-state index contributed by atoms with van der Waals surface area (Å²) in [5, 5.41) is 6.34. The van der Waals surface area contributed by atoms with E-state index >= 15 is 0 Å². The summed E-state index contributed by atoms with van der Waals surface area (Å²) in [5.74, 6) is 0.599. The van der Waals surface area contributed by atoms with E-state index in [2.05, 4.69) is 10.6 Å². The van der Waals surface area contributed by atoms with E-state index in [9.17, 15) is 4.79 Å². The molecule has 1 amide bonds. The molecule has 3 nitrogen and oxygen atoms in total. The first-order chi connectivity index (χ1) is 6.86.